The lowest BCUT2D eigenvalue weighted by molar-refractivity contribution is 0.520. The zero-order chi connectivity index (χ0) is 22.2. The highest BCUT2D eigenvalue weighted by Gasteiger charge is 2.21. The van der Waals surface area contributed by atoms with Crippen LogP contribution in [0.1, 0.15) is 18.1 Å². The third-order valence-electron chi connectivity index (χ3n) is 4.80. The second kappa shape index (κ2) is 7.85. The SMILES string of the molecule is CCn1c(=O)c(=O)n(Cc2cc(C#N)ccc2F)c2cc(S(=O)(=O)N(C)C)ccc21. The maximum Gasteiger partial charge on any atom is 0.317 e. The van der Waals surface area contributed by atoms with Crippen LogP contribution in [-0.2, 0) is 23.1 Å². The molecule has 30 heavy (non-hydrogen) atoms. The molecule has 0 bridgehead atoms. The van der Waals surface area contributed by atoms with Crippen molar-refractivity contribution in [1.82, 2.24) is 13.4 Å². The zero-order valence-corrected chi connectivity index (χ0v) is 17.4. The molecule has 8 nitrogen and oxygen atoms in total. The van der Waals surface area contributed by atoms with Crippen molar-refractivity contribution in [3.05, 3.63) is 74.0 Å². The number of sulfonamides is 1. The Hall–Kier alpha value is -3.29. The van der Waals surface area contributed by atoms with E-state index < -0.39 is 27.0 Å². The normalized spacial score (nSPS) is 11.7. The maximum absolute atomic E-state index is 14.3. The molecule has 0 N–H and O–H groups in total. The van der Waals surface area contributed by atoms with Gasteiger partial charge in [-0.1, -0.05) is 0 Å². The molecule has 156 valence electrons. The Labute approximate surface area is 172 Å². The van der Waals surface area contributed by atoms with Crippen LogP contribution in [0.5, 0.6) is 0 Å². The van der Waals surface area contributed by atoms with E-state index in [1.807, 2.05) is 6.07 Å². The van der Waals surface area contributed by atoms with Crippen LogP contribution in [-0.4, -0.2) is 36.0 Å². The Morgan fingerprint density at radius 2 is 1.70 bits per heavy atom. The molecule has 0 unspecified atom stereocenters. The van der Waals surface area contributed by atoms with Gasteiger partial charge in [-0.2, -0.15) is 5.26 Å². The van der Waals surface area contributed by atoms with Crippen LogP contribution < -0.4 is 11.1 Å². The minimum Gasteiger partial charge on any atom is -0.302 e. The van der Waals surface area contributed by atoms with E-state index in [1.165, 1.54) is 49.0 Å². The van der Waals surface area contributed by atoms with E-state index >= 15 is 0 Å². The summed E-state index contributed by atoms with van der Waals surface area (Å²) in [6, 6.07) is 9.70. The summed E-state index contributed by atoms with van der Waals surface area (Å²) in [7, 11) is -1.05. The highest BCUT2D eigenvalue weighted by molar-refractivity contribution is 7.89. The molecule has 2 aromatic carbocycles. The van der Waals surface area contributed by atoms with Crippen LogP contribution in [0.2, 0.25) is 0 Å². The van der Waals surface area contributed by atoms with E-state index in [4.69, 9.17) is 5.26 Å². The highest BCUT2D eigenvalue weighted by atomic mass is 32.2. The molecule has 1 heterocycles. The summed E-state index contributed by atoms with van der Waals surface area (Å²) in [6.07, 6.45) is 0. The molecule has 0 saturated heterocycles. The predicted molar refractivity (Wildman–Crippen MR) is 109 cm³/mol. The van der Waals surface area contributed by atoms with Crippen LogP contribution >= 0.6 is 0 Å². The van der Waals surface area contributed by atoms with Gasteiger partial charge in [0.05, 0.1) is 34.1 Å². The Kier molecular flexibility index (Phi) is 5.61. The molecule has 0 radical (unpaired) electrons. The number of benzene rings is 2. The molecule has 0 amide bonds. The second-order valence-electron chi connectivity index (χ2n) is 6.80. The number of aromatic nitrogens is 2. The average molecular weight is 430 g/mol. The third-order valence-corrected chi connectivity index (χ3v) is 6.61. The highest BCUT2D eigenvalue weighted by Crippen LogP contribution is 2.21. The van der Waals surface area contributed by atoms with Crippen LogP contribution in [0.3, 0.4) is 0 Å². The fourth-order valence-electron chi connectivity index (χ4n) is 3.18. The predicted octanol–water partition coefficient (Wildman–Crippen LogP) is 1.49. The Morgan fingerprint density at radius 1 is 1.03 bits per heavy atom. The van der Waals surface area contributed by atoms with Crippen LogP contribution in [0.4, 0.5) is 4.39 Å². The van der Waals surface area contributed by atoms with Crippen molar-refractivity contribution in [3.8, 4) is 6.07 Å². The number of hydrogen-bond acceptors (Lipinski definition) is 5. The number of rotatable bonds is 5. The number of nitriles is 1. The van der Waals surface area contributed by atoms with Crippen molar-refractivity contribution in [2.24, 2.45) is 0 Å². The van der Waals surface area contributed by atoms with Crippen molar-refractivity contribution in [2.45, 2.75) is 24.9 Å². The molecule has 0 saturated carbocycles. The summed E-state index contributed by atoms with van der Waals surface area (Å²) in [5, 5.41) is 9.07. The lowest BCUT2D eigenvalue weighted by Crippen LogP contribution is -2.41. The van der Waals surface area contributed by atoms with Gasteiger partial charge >= 0.3 is 11.1 Å². The molecule has 10 heteroatoms. The maximum atomic E-state index is 14.3. The topological polar surface area (TPSA) is 105 Å². The van der Waals surface area contributed by atoms with Gasteiger partial charge < -0.3 is 4.57 Å². The molecule has 0 spiro atoms. The molecular formula is C20H19FN4O4S. The molecular weight excluding hydrogens is 411 g/mol. The fourth-order valence-corrected chi connectivity index (χ4v) is 4.10. The molecule has 0 aliphatic rings. The third kappa shape index (κ3) is 3.53. The monoisotopic (exact) mass is 430 g/mol. The fraction of sp³-hybridized carbons (Fsp3) is 0.250. The van der Waals surface area contributed by atoms with Crippen molar-refractivity contribution in [3.63, 3.8) is 0 Å². The quantitative estimate of drug-likeness (QED) is 0.571. The first kappa shape index (κ1) is 21.4. The smallest absolute Gasteiger partial charge is 0.302 e. The van der Waals surface area contributed by atoms with Gasteiger partial charge in [-0.15, -0.1) is 0 Å². The summed E-state index contributed by atoms with van der Waals surface area (Å²) >= 11 is 0. The van der Waals surface area contributed by atoms with Gasteiger partial charge in [0.2, 0.25) is 10.0 Å². The van der Waals surface area contributed by atoms with Crippen LogP contribution in [0.15, 0.2) is 50.9 Å². The second-order valence-corrected chi connectivity index (χ2v) is 8.95. The summed E-state index contributed by atoms with van der Waals surface area (Å²) < 4.78 is 42.8. The Bertz CT molecular complexity index is 1420. The van der Waals surface area contributed by atoms with E-state index in [0.717, 1.165) is 14.9 Å². The van der Waals surface area contributed by atoms with E-state index in [1.54, 1.807) is 6.92 Å². The van der Waals surface area contributed by atoms with Gasteiger partial charge in [0.15, 0.2) is 0 Å². The van der Waals surface area contributed by atoms with Gasteiger partial charge in [0, 0.05) is 26.2 Å². The molecule has 0 aliphatic heterocycles. The first-order valence-electron chi connectivity index (χ1n) is 9.00. The lowest BCUT2D eigenvalue weighted by atomic mass is 10.1. The van der Waals surface area contributed by atoms with Gasteiger partial charge in [-0.3, -0.25) is 14.2 Å². The van der Waals surface area contributed by atoms with Crippen molar-refractivity contribution in [1.29, 1.82) is 5.26 Å². The summed E-state index contributed by atoms with van der Waals surface area (Å²) in [5.41, 5.74) is -0.966. The van der Waals surface area contributed by atoms with Crippen molar-refractivity contribution >= 4 is 21.1 Å². The number of halogens is 1. The molecule has 0 aliphatic carbocycles. The van der Waals surface area contributed by atoms with Crippen molar-refractivity contribution in [2.75, 3.05) is 14.1 Å². The number of nitrogens with zero attached hydrogens (tertiary/aromatic N) is 4. The molecule has 3 aromatic rings. The number of hydrogen-bond donors (Lipinski definition) is 0. The van der Waals surface area contributed by atoms with E-state index in [-0.39, 0.29) is 34.6 Å². The standard InChI is InChI=1S/C20H19FN4O4S/c1-4-24-17-8-6-15(30(28,29)23(2)3)10-18(17)25(20(27)19(24)26)12-14-9-13(11-22)5-7-16(14)21/h5-10H,4,12H2,1-3H3. The van der Waals surface area contributed by atoms with Gasteiger partial charge in [-0.05, 0) is 43.3 Å². The number of aryl methyl sites for hydroxylation is 1. The van der Waals surface area contributed by atoms with E-state index in [2.05, 4.69) is 0 Å². The van der Waals surface area contributed by atoms with Gasteiger partial charge in [0.25, 0.3) is 0 Å². The van der Waals surface area contributed by atoms with Gasteiger partial charge in [-0.25, -0.2) is 17.1 Å². The first-order chi connectivity index (χ1) is 14.1. The van der Waals surface area contributed by atoms with Crippen LogP contribution in [0.25, 0.3) is 11.0 Å². The Balaban J connectivity index is 2.38. The minimum atomic E-state index is -3.81. The van der Waals surface area contributed by atoms with E-state index in [9.17, 15) is 22.4 Å². The van der Waals surface area contributed by atoms with Crippen LogP contribution in [0, 0.1) is 17.1 Å². The van der Waals surface area contributed by atoms with Gasteiger partial charge in [0.1, 0.15) is 5.82 Å². The summed E-state index contributed by atoms with van der Waals surface area (Å²) in [6.45, 7) is 1.55. The average Bonchev–Trinajstić information content (AvgIpc) is 2.72. The molecule has 0 atom stereocenters. The first-order valence-corrected chi connectivity index (χ1v) is 10.4. The number of fused-ring (bicyclic) bond motifs is 1. The summed E-state index contributed by atoms with van der Waals surface area (Å²) in [4.78, 5) is 25.3. The van der Waals surface area contributed by atoms with Crippen molar-refractivity contribution < 1.29 is 12.8 Å². The minimum absolute atomic E-state index is 0.0342. The molecule has 1 aromatic heterocycles. The Morgan fingerprint density at radius 3 is 2.30 bits per heavy atom. The molecule has 3 rings (SSSR count). The lowest BCUT2D eigenvalue weighted by Gasteiger charge is -2.17. The largest absolute Gasteiger partial charge is 0.317 e. The summed E-state index contributed by atoms with van der Waals surface area (Å²) in [5.74, 6) is -0.647. The zero-order valence-electron chi connectivity index (χ0n) is 16.6. The van der Waals surface area contributed by atoms with E-state index in [0.29, 0.717) is 5.52 Å². The molecule has 0 fully saturated rings.